The van der Waals surface area contributed by atoms with Crippen molar-refractivity contribution >= 4 is 28.2 Å². The van der Waals surface area contributed by atoms with Crippen molar-refractivity contribution in [2.45, 2.75) is 13.5 Å². The van der Waals surface area contributed by atoms with E-state index in [1.54, 1.807) is 18.2 Å². The molecule has 0 unspecified atom stereocenters. The fraction of sp³-hybridized carbons (Fsp3) is 0.133. The van der Waals surface area contributed by atoms with Gasteiger partial charge < -0.3 is 9.84 Å². The molecule has 3 aromatic rings. The molecular weight excluding hydrogens is 288 g/mol. The number of benzene rings is 1. The van der Waals surface area contributed by atoms with Gasteiger partial charge in [-0.3, -0.25) is 4.98 Å². The fourth-order valence-corrected chi connectivity index (χ4v) is 2.68. The summed E-state index contributed by atoms with van der Waals surface area (Å²) in [5.74, 6) is -0.773. The minimum absolute atomic E-state index is 0.132. The number of thiazole rings is 1. The van der Waals surface area contributed by atoms with Crippen LogP contribution in [0, 0.1) is 6.92 Å². The quantitative estimate of drug-likeness (QED) is 0.800. The standard InChI is InChI=1S/C15H12N2O3S/c1-9-17-10(8-21-9)7-20-13-6-16-12-5-3-2-4-11(12)14(13)15(18)19/h2-6,8H,7H2,1H3,(H,18,19). The molecular formula is C15H12N2O3S. The van der Waals surface area contributed by atoms with Gasteiger partial charge in [-0.15, -0.1) is 11.3 Å². The Hall–Kier alpha value is -2.47. The van der Waals surface area contributed by atoms with Crippen molar-refractivity contribution in [2.75, 3.05) is 0 Å². The van der Waals surface area contributed by atoms with Crippen molar-refractivity contribution in [3.63, 3.8) is 0 Å². The van der Waals surface area contributed by atoms with E-state index in [-0.39, 0.29) is 17.9 Å². The summed E-state index contributed by atoms with van der Waals surface area (Å²) in [5, 5.41) is 12.9. The number of aromatic carboxylic acids is 1. The van der Waals surface area contributed by atoms with Crippen LogP contribution in [-0.4, -0.2) is 21.0 Å². The predicted octanol–water partition coefficient (Wildman–Crippen LogP) is 3.28. The normalized spacial score (nSPS) is 10.7. The van der Waals surface area contributed by atoms with E-state index >= 15 is 0 Å². The Kier molecular flexibility index (Phi) is 3.53. The number of nitrogens with zero attached hydrogens (tertiary/aromatic N) is 2. The second kappa shape index (κ2) is 5.49. The molecule has 0 saturated heterocycles. The molecule has 1 N–H and O–H groups in total. The van der Waals surface area contributed by atoms with Crippen LogP contribution in [0.1, 0.15) is 21.1 Å². The summed E-state index contributed by atoms with van der Waals surface area (Å²) in [7, 11) is 0. The van der Waals surface area contributed by atoms with Gasteiger partial charge in [-0.25, -0.2) is 9.78 Å². The molecule has 0 spiro atoms. The zero-order valence-corrected chi connectivity index (χ0v) is 12.1. The predicted molar refractivity (Wildman–Crippen MR) is 79.9 cm³/mol. The van der Waals surface area contributed by atoms with Gasteiger partial charge in [0.05, 0.1) is 22.4 Å². The number of carboxylic acid groups (broad SMARTS) is 1. The maximum absolute atomic E-state index is 11.5. The van der Waals surface area contributed by atoms with Crippen molar-refractivity contribution in [1.82, 2.24) is 9.97 Å². The van der Waals surface area contributed by atoms with E-state index in [4.69, 9.17) is 4.74 Å². The molecule has 21 heavy (non-hydrogen) atoms. The molecule has 3 rings (SSSR count). The first-order valence-electron chi connectivity index (χ1n) is 6.30. The van der Waals surface area contributed by atoms with Crippen LogP contribution in [0.2, 0.25) is 0 Å². The van der Waals surface area contributed by atoms with E-state index < -0.39 is 5.97 Å². The molecule has 2 heterocycles. The minimum Gasteiger partial charge on any atom is -0.485 e. The lowest BCUT2D eigenvalue weighted by Crippen LogP contribution is -2.05. The van der Waals surface area contributed by atoms with E-state index in [0.717, 1.165) is 10.7 Å². The number of pyridine rings is 1. The van der Waals surface area contributed by atoms with Gasteiger partial charge in [-0.1, -0.05) is 18.2 Å². The molecule has 0 saturated carbocycles. The number of hydrogen-bond acceptors (Lipinski definition) is 5. The number of aryl methyl sites for hydroxylation is 1. The summed E-state index contributed by atoms with van der Waals surface area (Å²) in [6.45, 7) is 2.14. The van der Waals surface area contributed by atoms with Crippen LogP contribution < -0.4 is 4.74 Å². The van der Waals surface area contributed by atoms with Crippen LogP contribution in [0.15, 0.2) is 35.8 Å². The van der Waals surface area contributed by atoms with Crippen molar-refractivity contribution < 1.29 is 14.6 Å². The third-order valence-electron chi connectivity index (χ3n) is 3.00. The molecule has 0 aliphatic carbocycles. The first-order valence-corrected chi connectivity index (χ1v) is 7.18. The molecule has 0 bridgehead atoms. The highest BCUT2D eigenvalue weighted by Gasteiger charge is 2.16. The molecule has 0 amide bonds. The first kappa shape index (κ1) is 13.5. The highest BCUT2D eigenvalue weighted by atomic mass is 32.1. The Balaban J connectivity index is 1.97. The topological polar surface area (TPSA) is 72.3 Å². The number of rotatable bonds is 4. The van der Waals surface area contributed by atoms with Crippen LogP contribution in [-0.2, 0) is 6.61 Å². The van der Waals surface area contributed by atoms with Gasteiger partial charge in [-0.2, -0.15) is 0 Å². The SMILES string of the molecule is Cc1nc(COc2cnc3ccccc3c2C(=O)O)cs1. The third-order valence-corrected chi connectivity index (χ3v) is 3.82. The average Bonchev–Trinajstić information content (AvgIpc) is 2.89. The molecule has 5 nitrogen and oxygen atoms in total. The number of ether oxygens (including phenoxy) is 1. The Morgan fingerprint density at radius 1 is 1.38 bits per heavy atom. The molecule has 0 radical (unpaired) electrons. The van der Waals surface area contributed by atoms with Crippen LogP contribution in [0.3, 0.4) is 0 Å². The summed E-state index contributed by atoms with van der Waals surface area (Å²) < 4.78 is 5.61. The van der Waals surface area contributed by atoms with Crippen molar-refractivity contribution in [3.8, 4) is 5.75 Å². The number of hydrogen-bond donors (Lipinski definition) is 1. The van der Waals surface area contributed by atoms with Gasteiger partial charge in [0.25, 0.3) is 0 Å². The van der Waals surface area contributed by atoms with E-state index in [9.17, 15) is 9.90 Å². The van der Waals surface area contributed by atoms with E-state index in [0.29, 0.717) is 10.9 Å². The zero-order chi connectivity index (χ0) is 14.8. The number of carboxylic acids is 1. The second-order valence-electron chi connectivity index (χ2n) is 4.47. The number of fused-ring (bicyclic) bond motifs is 1. The minimum atomic E-state index is -1.03. The van der Waals surface area contributed by atoms with Crippen LogP contribution in [0.25, 0.3) is 10.9 Å². The molecule has 2 aromatic heterocycles. The molecule has 0 aliphatic rings. The van der Waals surface area contributed by atoms with Gasteiger partial charge in [0.15, 0.2) is 5.75 Å². The average molecular weight is 300 g/mol. The summed E-state index contributed by atoms with van der Waals surface area (Å²) >= 11 is 1.53. The van der Waals surface area contributed by atoms with Gasteiger partial charge in [0.2, 0.25) is 0 Å². The smallest absolute Gasteiger partial charge is 0.340 e. The van der Waals surface area contributed by atoms with Crippen LogP contribution in [0.5, 0.6) is 5.75 Å². The Labute approximate surface area is 124 Å². The van der Waals surface area contributed by atoms with Crippen molar-refractivity contribution in [1.29, 1.82) is 0 Å². The van der Waals surface area contributed by atoms with Gasteiger partial charge in [0, 0.05) is 10.8 Å². The van der Waals surface area contributed by atoms with Crippen LogP contribution in [0.4, 0.5) is 0 Å². The summed E-state index contributed by atoms with van der Waals surface area (Å²) in [5.41, 5.74) is 1.54. The Morgan fingerprint density at radius 3 is 2.90 bits per heavy atom. The molecule has 106 valence electrons. The van der Waals surface area contributed by atoms with Gasteiger partial charge in [0.1, 0.15) is 12.2 Å². The first-order chi connectivity index (χ1) is 10.1. The molecule has 6 heteroatoms. The number of para-hydroxylation sites is 1. The maximum atomic E-state index is 11.5. The Bertz CT molecular complexity index is 814. The third kappa shape index (κ3) is 2.71. The largest absolute Gasteiger partial charge is 0.485 e. The number of aromatic nitrogens is 2. The van der Waals surface area contributed by atoms with Crippen LogP contribution >= 0.6 is 11.3 Å². The van der Waals surface area contributed by atoms with E-state index in [1.165, 1.54) is 17.5 Å². The highest BCUT2D eigenvalue weighted by molar-refractivity contribution is 7.09. The lowest BCUT2D eigenvalue weighted by atomic mass is 10.1. The maximum Gasteiger partial charge on any atom is 0.340 e. The molecule has 0 fully saturated rings. The zero-order valence-electron chi connectivity index (χ0n) is 11.2. The second-order valence-corrected chi connectivity index (χ2v) is 5.53. The highest BCUT2D eigenvalue weighted by Crippen LogP contribution is 2.27. The lowest BCUT2D eigenvalue weighted by molar-refractivity contribution is 0.0694. The summed E-state index contributed by atoms with van der Waals surface area (Å²) in [6, 6.07) is 7.10. The Morgan fingerprint density at radius 2 is 2.19 bits per heavy atom. The summed E-state index contributed by atoms with van der Waals surface area (Å²) in [4.78, 5) is 20.1. The van der Waals surface area contributed by atoms with E-state index in [2.05, 4.69) is 9.97 Å². The van der Waals surface area contributed by atoms with Gasteiger partial charge in [-0.05, 0) is 13.0 Å². The van der Waals surface area contributed by atoms with E-state index in [1.807, 2.05) is 18.4 Å². The fourth-order valence-electron chi connectivity index (χ4n) is 2.08. The molecule has 0 aliphatic heterocycles. The molecule has 1 aromatic carbocycles. The lowest BCUT2D eigenvalue weighted by Gasteiger charge is -2.10. The van der Waals surface area contributed by atoms with Gasteiger partial charge >= 0.3 is 5.97 Å². The monoisotopic (exact) mass is 300 g/mol. The molecule has 0 atom stereocenters. The number of carbonyl (C=O) groups is 1. The van der Waals surface area contributed by atoms with Crippen molar-refractivity contribution in [2.24, 2.45) is 0 Å². The van der Waals surface area contributed by atoms with Crippen molar-refractivity contribution in [3.05, 3.63) is 52.1 Å². The summed E-state index contributed by atoms with van der Waals surface area (Å²) in [6.07, 6.45) is 1.45.